The Morgan fingerprint density at radius 2 is 1.85 bits per heavy atom. The summed E-state index contributed by atoms with van der Waals surface area (Å²) in [5, 5.41) is 5.42. The first-order chi connectivity index (χ1) is 16.6. The molecule has 0 amide bonds. The van der Waals surface area contributed by atoms with E-state index in [-0.39, 0.29) is 5.97 Å². The Kier molecular flexibility index (Phi) is 5.85. The number of ether oxygens (including phenoxy) is 3. The van der Waals surface area contributed by atoms with Crippen molar-refractivity contribution in [3.63, 3.8) is 0 Å². The predicted octanol–water partition coefficient (Wildman–Crippen LogP) is 5.08. The predicted molar refractivity (Wildman–Crippen MR) is 130 cm³/mol. The second-order valence-electron chi connectivity index (χ2n) is 7.57. The molecule has 2 aromatic carbocycles. The lowest BCUT2D eigenvalue weighted by Gasteiger charge is -2.08. The van der Waals surface area contributed by atoms with Gasteiger partial charge in [-0.1, -0.05) is 18.2 Å². The number of carbonyl (C=O) groups excluding carboxylic acids is 1. The fourth-order valence-corrected chi connectivity index (χ4v) is 4.77. The molecule has 0 saturated heterocycles. The van der Waals surface area contributed by atoms with Gasteiger partial charge in [-0.2, -0.15) is 0 Å². The summed E-state index contributed by atoms with van der Waals surface area (Å²) in [5.74, 6) is 1.78. The number of rotatable bonds is 7. The minimum atomic E-state index is -0.376. The molecule has 172 valence electrons. The second kappa shape index (κ2) is 9.11. The molecule has 3 heterocycles. The zero-order valence-corrected chi connectivity index (χ0v) is 19.8. The van der Waals surface area contributed by atoms with Crippen LogP contribution in [0.4, 0.5) is 0 Å². The lowest BCUT2D eigenvalue weighted by molar-refractivity contribution is 0.0605. The number of benzene rings is 2. The number of hydrogen-bond acceptors (Lipinski definition) is 8. The maximum Gasteiger partial charge on any atom is 0.348 e. The molecule has 0 spiro atoms. The standard InChI is InChI=1S/C25H22N4O4S/c1-4-32-18-8-10-19(11-9-18)33-13-16-6-5-7-17(12-16)22-27-23-20-15(2)21(25(30)31-3)34-24(20)26-14-29(23)28-22/h5-12,14H,4,13H2,1-3H3. The van der Waals surface area contributed by atoms with E-state index in [0.29, 0.717) is 29.6 Å². The zero-order valence-electron chi connectivity index (χ0n) is 18.9. The van der Waals surface area contributed by atoms with Gasteiger partial charge in [0.2, 0.25) is 0 Å². The molecule has 8 nitrogen and oxygen atoms in total. The Morgan fingerprint density at radius 1 is 1.09 bits per heavy atom. The first-order valence-electron chi connectivity index (χ1n) is 10.7. The number of nitrogens with zero attached hydrogens (tertiary/aromatic N) is 4. The van der Waals surface area contributed by atoms with Gasteiger partial charge in [0.25, 0.3) is 0 Å². The smallest absolute Gasteiger partial charge is 0.348 e. The summed E-state index contributed by atoms with van der Waals surface area (Å²) in [4.78, 5) is 22.6. The summed E-state index contributed by atoms with van der Waals surface area (Å²) in [7, 11) is 1.37. The maximum absolute atomic E-state index is 12.1. The molecule has 0 saturated carbocycles. The lowest BCUT2D eigenvalue weighted by Crippen LogP contribution is -1.99. The molecule has 0 N–H and O–H groups in total. The molecule has 5 rings (SSSR count). The van der Waals surface area contributed by atoms with Crippen molar-refractivity contribution in [2.45, 2.75) is 20.5 Å². The quantitative estimate of drug-likeness (QED) is 0.304. The molecule has 0 radical (unpaired) electrons. The van der Waals surface area contributed by atoms with E-state index in [1.807, 2.05) is 62.4 Å². The van der Waals surface area contributed by atoms with Gasteiger partial charge in [-0.25, -0.2) is 19.3 Å². The average Bonchev–Trinajstić information content (AvgIpc) is 3.44. The molecule has 0 aliphatic rings. The van der Waals surface area contributed by atoms with Crippen LogP contribution in [0.3, 0.4) is 0 Å². The van der Waals surface area contributed by atoms with Crippen molar-refractivity contribution in [2.24, 2.45) is 0 Å². The number of methoxy groups -OCH3 is 1. The number of hydrogen-bond donors (Lipinski definition) is 0. The molecule has 3 aromatic heterocycles. The molecule has 0 aliphatic heterocycles. The van der Waals surface area contributed by atoms with Crippen molar-refractivity contribution >= 4 is 33.2 Å². The van der Waals surface area contributed by atoms with E-state index >= 15 is 0 Å². The normalized spacial score (nSPS) is 11.1. The van der Waals surface area contributed by atoms with E-state index in [1.165, 1.54) is 18.4 Å². The van der Waals surface area contributed by atoms with Gasteiger partial charge in [-0.3, -0.25) is 0 Å². The number of aryl methyl sites for hydroxylation is 1. The maximum atomic E-state index is 12.1. The molecule has 5 aromatic rings. The number of carbonyl (C=O) groups is 1. The highest BCUT2D eigenvalue weighted by atomic mass is 32.1. The largest absolute Gasteiger partial charge is 0.494 e. The Bertz CT molecular complexity index is 1490. The van der Waals surface area contributed by atoms with Crippen molar-refractivity contribution in [3.8, 4) is 22.9 Å². The summed E-state index contributed by atoms with van der Waals surface area (Å²) < 4.78 is 17.9. The number of esters is 1. The molecule has 34 heavy (non-hydrogen) atoms. The van der Waals surface area contributed by atoms with Crippen LogP contribution in [-0.4, -0.2) is 39.3 Å². The van der Waals surface area contributed by atoms with Gasteiger partial charge in [0.15, 0.2) is 11.5 Å². The lowest BCUT2D eigenvalue weighted by atomic mass is 10.1. The van der Waals surface area contributed by atoms with E-state index in [2.05, 4.69) is 10.1 Å². The van der Waals surface area contributed by atoms with Crippen LogP contribution in [0.25, 0.3) is 27.3 Å². The van der Waals surface area contributed by atoms with Crippen LogP contribution in [0, 0.1) is 6.92 Å². The molecule has 0 aliphatic carbocycles. The van der Waals surface area contributed by atoms with Crippen molar-refractivity contribution in [3.05, 3.63) is 70.9 Å². The van der Waals surface area contributed by atoms with E-state index < -0.39 is 0 Å². The van der Waals surface area contributed by atoms with E-state index in [0.717, 1.165) is 38.4 Å². The van der Waals surface area contributed by atoms with Crippen LogP contribution in [-0.2, 0) is 11.3 Å². The first kappa shape index (κ1) is 21.8. The Balaban J connectivity index is 1.42. The number of fused-ring (bicyclic) bond motifs is 3. The third-order valence-electron chi connectivity index (χ3n) is 5.36. The van der Waals surface area contributed by atoms with E-state index in [1.54, 1.807) is 10.8 Å². The zero-order chi connectivity index (χ0) is 23.7. The van der Waals surface area contributed by atoms with Crippen molar-refractivity contribution < 1.29 is 19.0 Å². The summed E-state index contributed by atoms with van der Waals surface area (Å²) in [6.45, 7) is 4.87. The van der Waals surface area contributed by atoms with Crippen LogP contribution in [0.2, 0.25) is 0 Å². The highest BCUT2D eigenvalue weighted by Gasteiger charge is 2.21. The second-order valence-corrected chi connectivity index (χ2v) is 8.57. The van der Waals surface area contributed by atoms with Crippen LogP contribution < -0.4 is 9.47 Å². The van der Waals surface area contributed by atoms with Gasteiger partial charge in [0.1, 0.15) is 34.1 Å². The molecule has 0 atom stereocenters. The summed E-state index contributed by atoms with van der Waals surface area (Å²) in [5.41, 5.74) is 3.31. The van der Waals surface area contributed by atoms with Crippen molar-refractivity contribution in [1.82, 2.24) is 19.6 Å². The number of aromatic nitrogens is 4. The first-order valence-corrected chi connectivity index (χ1v) is 11.6. The molecular formula is C25H22N4O4S. The Morgan fingerprint density at radius 3 is 2.59 bits per heavy atom. The van der Waals surface area contributed by atoms with Gasteiger partial charge >= 0.3 is 5.97 Å². The average molecular weight is 475 g/mol. The molecule has 0 fully saturated rings. The summed E-state index contributed by atoms with van der Waals surface area (Å²) in [6.07, 6.45) is 1.62. The molecule has 9 heteroatoms. The minimum Gasteiger partial charge on any atom is -0.494 e. The van der Waals surface area contributed by atoms with E-state index in [9.17, 15) is 4.79 Å². The van der Waals surface area contributed by atoms with Gasteiger partial charge in [-0.15, -0.1) is 16.4 Å². The highest BCUT2D eigenvalue weighted by Crippen LogP contribution is 2.33. The summed E-state index contributed by atoms with van der Waals surface area (Å²) in [6, 6.07) is 15.5. The molecule has 0 bridgehead atoms. The minimum absolute atomic E-state index is 0.376. The molecular weight excluding hydrogens is 452 g/mol. The monoisotopic (exact) mass is 474 g/mol. The van der Waals surface area contributed by atoms with Gasteiger partial charge < -0.3 is 14.2 Å². The Hall–Kier alpha value is -3.98. The van der Waals surface area contributed by atoms with E-state index in [4.69, 9.17) is 19.2 Å². The fraction of sp³-hybridized carbons (Fsp3) is 0.200. The fourth-order valence-electron chi connectivity index (χ4n) is 3.71. The van der Waals surface area contributed by atoms with Gasteiger partial charge in [0, 0.05) is 5.56 Å². The SMILES string of the molecule is CCOc1ccc(OCc2cccc(-c3nc4c5c(C)c(C(=O)OC)sc5ncn4n3)c2)cc1. The topological polar surface area (TPSA) is 87.8 Å². The molecule has 0 unspecified atom stereocenters. The highest BCUT2D eigenvalue weighted by molar-refractivity contribution is 7.20. The van der Waals surface area contributed by atoms with Crippen LogP contribution in [0.15, 0.2) is 54.9 Å². The van der Waals surface area contributed by atoms with Crippen LogP contribution in [0.5, 0.6) is 11.5 Å². The number of thiophene rings is 1. The Labute approximate surface area is 199 Å². The van der Waals surface area contributed by atoms with Crippen LogP contribution >= 0.6 is 11.3 Å². The van der Waals surface area contributed by atoms with Crippen molar-refractivity contribution in [2.75, 3.05) is 13.7 Å². The van der Waals surface area contributed by atoms with Crippen LogP contribution in [0.1, 0.15) is 27.7 Å². The van der Waals surface area contributed by atoms with Gasteiger partial charge in [-0.05, 0) is 55.3 Å². The third-order valence-corrected chi connectivity index (χ3v) is 6.54. The van der Waals surface area contributed by atoms with Crippen molar-refractivity contribution in [1.29, 1.82) is 0 Å². The summed E-state index contributed by atoms with van der Waals surface area (Å²) >= 11 is 1.30. The third kappa shape index (κ3) is 4.06. The van der Waals surface area contributed by atoms with Gasteiger partial charge in [0.05, 0.1) is 19.1 Å².